The van der Waals surface area contributed by atoms with Gasteiger partial charge in [-0.2, -0.15) is 4.31 Å². The molecule has 0 unspecified atom stereocenters. The lowest BCUT2D eigenvalue weighted by Gasteiger charge is -2.34. The SMILES string of the molecule is COc1ccc(S(=O)(=O)N2CCN(c3cc(-n4cccc4)ncn3)CC2)cc1OC. The molecule has 3 heterocycles. The fraction of sp³-hybridized carbons (Fsp3) is 0.300. The van der Waals surface area contributed by atoms with Crippen LogP contribution in [0, 0.1) is 0 Å². The summed E-state index contributed by atoms with van der Waals surface area (Å²) >= 11 is 0. The molecule has 0 radical (unpaired) electrons. The molecule has 1 aliphatic rings. The number of hydrogen-bond donors (Lipinski definition) is 0. The maximum Gasteiger partial charge on any atom is 0.243 e. The van der Waals surface area contributed by atoms with Crippen LogP contribution in [0.25, 0.3) is 5.82 Å². The quantitative estimate of drug-likeness (QED) is 0.590. The summed E-state index contributed by atoms with van der Waals surface area (Å²) in [6, 6.07) is 10.4. The largest absolute Gasteiger partial charge is 0.493 e. The molecule has 3 aromatic rings. The minimum absolute atomic E-state index is 0.186. The first-order chi connectivity index (χ1) is 14.5. The number of benzene rings is 1. The predicted molar refractivity (Wildman–Crippen MR) is 112 cm³/mol. The molecule has 1 fully saturated rings. The van der Waals surface area contributed by atoms with Crippen LogP contribution in [-0.2, 0) is 10.0 Å². The van der Waals surface area contributed by atoms with Gasteiger partial charge in [-0.15, -0.1) is 0 Å². The Hall–Kier alpha value is -3.11. The zero-order valence-corrected chi connectivity index (χ0v) is 17.6. The third kappa shape index (κ3) is 3.83. The average molecular weight is 430 g/mol. The molecule has 0 spiro atoms. The second-order valence-electron chi connectivity index (χ2n) is 6.73. The first kappa shape index (κ1) is 20.2. The molecule has 0 N–H and O–H groups in total. The first-order valence-electron chi connectivity index (χ1n) is 9.45. The van der Waals surface area contributed by atoms with Gasteiger partial charge in [-0.05, 0) is 24.3 Å². The topological polar surface area (TPSA) is 89.8 Å². The van der Waals surface area contributed by atoms with E-state index in [2.05, 4.69) is 14.9 Å². The summed E-state index contributed by atoms with van der Waals surface area (Å²) in [5, 5.41) is 0. The first-order valence-corrected chi connectivity index (χ1v) is 10.9. The number of hydrogen-bond acceptors (Lipinski definition) is 7. The van der Waals surface area contributed by atoms with E-state index in [-0.39, 0.29) is 4.90 Å². The molecular weight excluding hydrogens is 406 g/mol. The fourth-order valence-electron chi connectivity index (χ4n) is 3.42. The van der Waals surface area contributed by atoms with E-state index in [9.17, 15) is 8.42 Å². The highest BCUT2D eigenvalue weighted by molar-refractivity contribution is 7.89. The van der Waals surface area contributed by atoms with Crippen LogP contribution in [0.1, 0.15) is 0 Å². The molecule has 0 atom stereocenters. The smallest absolute Gasteiger partial charge is 0.243 e. The lowest BCUT2D eigenvalue weighted by atomic mass is 10.3. The normalized spacial score (nSPS) is 15.2. The maximum atomic E-state index is 13.1. The highest BCUT2D eigenvalue weighted by atomic mass is 32.2. The van der Waals surface area contributed by atoms with Crippen molar-refractivity contribution in [3.63, 3.8) is 0 Å². The van der Waals surface area contributed by atoms with Gasteiger partial charge < -0.3 is 18.9 Å². The van der Waals surface area contributed by atoms with Crippen molar-refractivity contribution in [1.82, 2.24) is 18.8 Å². The third-order valence-corrected chi connectivity index (χ3v) is 6.96. The Kier molecular flexibility index (Phi) is 5.60. The van der Waals surface area contributed by atoms with Gasteiger partial charge in [0, 0.05) is 50.7 Å². The van der Waals surface area contributed by atoms with Crippen molar-refractivity contribution < 1.29 is 17.9 Å². The van der Waals surface area contributed by atoms with Crippen molar-refractivity contribution in [2.24, 2.45) is 0 Å². The molecule has 30 heavy (non-hydrogen) atoms. The van der Waals surface area contributed by atoms with E-state index in [4.69, 9.17) is 9.47 Å². The number of sulfonamides is 1. The van der Waals surface area contributed by atoms with Gasteiger partial charge in [-0.3, -0.25) is 0 Å². The minimum atomic E-state index is -3.63. The van der Waals surface area contributed by atoms with E-state index in [0.29, 0.717) is 37.7 Å². The lowest BCUT2D eigenvalue weighted by molar-refractivity contribution is 0.353. The number of nitrogens with zero attached hydrogens (tertiary/aromatic N) is 5. The molecule has 0 bridgehead atoms. The molecule has 1 aromatic carbocycles. The molecule has 0 amide bonds. The number of piperazine rings is 1. The summed E-state index contributed by atoms with van der Waals surface area (Å²) < 4.78 is 40.0. The summed E-state index contributed by atoms with van der Waals surface area (Å²) in [4.78, 5) is 10.9. The Balaban J connectivity index is 1.49. The van der Waals surface area contributed by atoms with Crippen LogP contribution in [0.15, 0.2) is 60.0 Å². The highest BCUT2D eigenvalue weighted by Gasteiger charge is 2.29. The van der Waals surface area contributed by atoms with Gasteiger partial charge in [0.25, 0.3) is 0 Å². The van der Waals surface area contributed by atoms with Crippen molar-refractivity contribution in [3.8, 4) is 17.3 Å². The molecule has 10 heteroatoms. The molecule has 9 nitrogen and oxygen atoms in total. The Morgan fingerprint density at radius 1 is 0.867 bits per heavy atom. The molecule has 1 saturated heterocycles. The van der Waals surface area contributed by atoms with Crippen molar-refractivity contribution in [2.75, 3.05) is 45.3 Å². The Labute approximate surface area is 175 Å². The molecule has 0 aliphatic carbocycles. The van der Waals surface area contributed by atoms with Gasteiger partial charge in [-0.1, -0.05) is 0 Å². The van der Waals surface area contributed by atoms with Crippen LogP contribution in [0.5, 0.6) is 11.5 Å². The number of aromatic nitrogens is 3. The number of methoxy groups -OCH3 is 2. The van der Waals surface area contributed by atoms with Crippen LogP contribution in [0.3, 0.4) is 0 Å². The Bertz CT molecular complexity index is 1110. The Morgan fingerprint density at radius 2 is 1.53 bits per heavy atom. The van der Waals surface area contributed by atoms with Gasteiger partial charge in [0.2, 0.25) is 10.0 Å². The van der Waals surface area contributed by atoms with Gasteiger partial charge in [0.05, 0.1) is 19.1 Å². The summed E-state index contributed by atoms with van der Waals surface area (Å²) in [7, 11) is -0.638. The fourth-order valence-corrected chi connectivity index (χ4v) is 4.86. The van der Waals surface area contributed by atoms with E-state index in [1.807, 2.05) is 35.2 Å². The Morgan fingerprint density at radius 3 is 2.20 bits per heavy atom. The van der Waals surface area contributed by atoms with Crippen LogP contribution >= 0.6 is 0 Å². The van der Waals surface area contributed by atoms with E-state index in [1.54, 1.807) is 6.07 Å². The molecule has 0 saturated carbocycles. The summed E-state index contributed by atoms with van der Waals surface area (Å²) in [5.74, 6) is 2.42. The summed E-state index contributed by atoms with van der Waals surface area (Å²) in [5.41, 5.74) is 0. The van der Waals surface area contributed by atoms with Crippen molar-refractivity contribution >= 4 is 15.8 Å². The average Bonchev–Trinajstić information content (AvgIpc) is 3.34. The summed E-state index contributed by atoms with van der Waals surface area (Å²) in [6.07, 6.45) is 5.36. The van der Waals surface area contributed by atoms with E-state index < -0.39 is 10.0 Å². The summed E-state index contributed by atoms with van der Waals surface area (Å²) in [6.45, 7) is 1.79. The van der Waals surface area contributed by atoms with Crippen molar-refractivity contribution in [1.29, 1.82) is 0 Å². The highest BCUT2D eigenvalue weighted by Crippen LogP contribution is 2.31. The van der Waals surface area contributed by atoms with Gasteiger partial charge >= 0.3 is 0 Å². The van der Waals surface area contributed by atoms with Crippen LogP contribution < -0.4 is 14.4 Å². The monoisotopic (exact) mass is 429 g/mol. The zero-order chi connectivity index (χ0) is 21.1. The third-order valence-electron chi connectivity index (χ3n) is 5.06. The molecule has 2 aromatic heterocycles. The minimum Gasteiger partial charge on any atom is -0.493 e. The van der Waals surface area contributed by atoms with Crippen molar-refractivity contribution in [3.05, 3.63) is 55.1 Å². The number of ether oxygens (including phenoxy) is 2. The molecule has 4 rings (SSSR count). The zero-order valence-electron chi connectivity index (χ0n) is 16.8. The van der Waals surface area contributed by atoms with Gasteiger partial charge in [0.1, 0.15) is 18.0 Å². The van der Waals surface area contributed by atoms with E-state index in [1.165, 1.54) is 37.0 Å². The maximum absolute atomic E-state index is 13.1. The second-order valence-corrected chi connectivity index (χ2v) is 8.67. The molecular formula is C20H23N5O4S. The van der Waals surface area contributed by atoms with Crippen molar-refractivity contribution in [2.45, 2.75) is 4.90 Å². The van der Waals surface area contributed by atoms with Crippen LogP contribution in [0.4, 0.5) is 5.82 Å². The molecule has 158 valence electrons. The number of rotatable bonds is 6. The van der Waals surface area contributed by atoms with Gasteiger partial charge in [-0.25, -0.2) is 18.4 Å². The molecule has 1 aliphatic heterocycles. The van der Waals surface area contributed by atoms with E-state index >= 15 is 0 Å². The standard InChI is InChI=1S/C20H23N5O4S/c1-28-17-6-5-16(13-18(17)29-2)30(26,27)25-11-9-24(10-12-25)20-14-19(21-15-22-20)23-7-3-4-8-23/h3-8,13-15H,9-12H2,1-2H3. The van der Waals surface area contributed by atoms with Crippen LogP contribution in [0.2, 0.25) is 0 Å². The van der Waals surface area contributed by atoms with Gasteiger partial charge in [0.15, 0.2) is 11.5 Å². The number of anilines is 1. The van der Waals surface area contributed by atoms with Crippen LogP contribution in [-0.4, -0.2) is 67.7 Å². The predicted octanol–water partition coefficient (Wildman–Crippen LogP) is 1.80. The second kappa shape index (κ2) is 8.33. The van der Waals surface area contributed by atoms with E-state index in [0.717, 1.165) is 11.6 Å². The lowest BCUT2D eigenvalue weighted by Crippen LogP contribution is -2.48.